The highest BCUT2D eigenvalue weighted by Gasteiger charge is 2.13. The molecule has 0 rings (SSSR count). The average Bonchev–Trinajstić information content (AvgIpc) is 2.11. The van der Waals surface area contributed by atoms with E-state index in [-0.39, 0.29) is 12.2 Å². The fraction of sp³-hybridized carbons (Fsp3) is 0.571. The summed E-state index contributed by atoms with van der Waals surface area (Å²) in [7, 11) is -4.15. The maximum atomic E-state index is 10.8. The number of hydrogen-bond acceptors (Lipinski definition) is 5. The number of hydrogen-bond donors (Lipinski definition) is 1. The first-order chi connectivity index (χ1) is 6.39. The van der Waals surface area contributed by atoms with Crippen molar-refractivity contribution < 1.29 is 21.7 Å². The summed E-state index contributed by atoms with van der Waals surface area (Å²) >= 11 is 0. The Morgan fingerprint density at radius 3 is 2.50 bits per heavy atom. The van der Waals surface area contributed by atoms with Crippen molar-refractivity contribution in [3.63, 3.8) is 0 Å². The number of nitrogens with one attached hydrogen (secondary N) is 1. The molecule has 0 aliphatic heterocycles. The van der Waals surface area contributed by atoms with Gasteiger partial charge in [-0.1, -0.05) is 13.5 Å². The summed E-state index contributed by atoms with van der Waals surface area (Å²) in [5.74, 6) is -0.714. The van der Waals surface area contributed by atoms with Gasteiger partial charge in [0.2, 0.25) is 0 Å². The van der Waals surface area contributed by atoms with Crippen LogP contribution in [0.3, 0.4) is 0 Å². The van der Waals surface area contributed by atoms with Gasteiger partial charge in [0.15, 0.2) is 0 Å². The number of hydroxylamine groups is 1. The van der Waals surface area contributed by atoms with Gasteiger partial charge < -0.3 is 0 Å². The van der Waals surface area contributed by atoms with E-state index >= 15 is 0 Å². The van der Waals surface area contributed by atoms with Crippen molar-refractivity contribution >= 4 is 16.3 Å². The van der Waals surface area contributed by atoms with E-state index in [2.05, 4.69) is 15.0 Å². The SMILES string of the molecule is C=C(C)C(=O)NOS(=O)(=O)OCCC. The van der Waals surface area contributed by atoms with Gasteiger partial charge in [-0.2, -0.15) is 8.42 Å². The van der Waals surface area contributed by atoms with E-state index in [0.717, 1.165) is 0 Å². The van der Waals surface area contributed by atoms with E-state index in [4.69, 9.17) is 0 Å². The Balaban J connectivity index is 4.00. The van der Waals surface area contributed by atoms with E-state index < -0.39 is 16.3 Å². The van der Waals surface area contributed by atoms with Crippen LogP contribution in [0.4, 0.5) is 0 Å². The van der Waals surface area contributed by atoms with Crippen LogP contribution in [-0.2, 0) is 23.7 Å². The molecule has 0 saturated heterocycles. The zero-order valence-electron chi connectivity index (χ0n) is 8.07. The van der Waals surface area contributed by atoms with Gasteiger partial charge in [-0.15, -0.1) is 4.28 Å². The minimum atomic E-state index is -4.15. The van der Waals surface area contributed by atoms with E-state index in [0.29, 0.717) is 6.42 Å². The molecule has 0 atom stereocenters. The van der Waals surface area contributed by atoms with Crippen molar-refractivity contribution in [2.24, 2.45) is 0 Å². The monoisotopic (exact) mass is 223 g/mol. The van der Waals surface area contributed by atoms with Crippen LogP contribution in [0.2, 0.25) is 0 Å². The lowest BCUT2D eigenvalue weighted by molar-refractivity contribution is -0.124. The van der Waals surface area contributed by atoms with Crippen molar-refractivity contribution in [3.8, 4) is 0 Å². The van der Waals surface area contributed by atoms with Gasteiger partial charge >= 0.3 is 10.4 Å². The molecule has 0 aromatic rings. The van der Waals surface area contributed by atoms with Crippen LogP contribution in [0.1, 0.15) is 20.3 Å². The lowest BCUT2D eigenvalue weighted by Gasteiger charge is -2.05. The Morgan fingerprint density at radius 2 is 2.07 bits per heavy atom. The first-order valence-corrected chi connectivity index (χ1v) is 5.26. The van der Waals surface area contributed by atoms with Crippen molar-refractivity contribution in [1.29, 1.82) is 0 Å². The number of carbonyl (C=O) groups is 1. The molecule has 0 aromatic carbocycles. The largest absolute Gasteiger partial charge is 0.420 e. The van der Waals surface area contributed by atoms with Gasteiger partial charge in [0.05, 0.1) is 6.61 Å². The Bertz CT molecular complexity index is 308. The van der Waals surface area contributed by atoms with E-state index in [1.165, 1.54) is 6.92 Å². The summed E-state index contributed by atoms with van der Waals surface area (Å²) in [4.78, 5) is 10.8. The first-order valence-electron chi connectivity index (χ1n) is 3.92. The molecule has 1 amide bonds. The molecule has 0 aliphatic rings. The quantitative estimate of drug-likeness (QED) is 0.516. The summed E-state index contributed by atoms with van der Waals surface area (Å²) in [6.07, 6.45) is 0.525. The smallest absolute Gasteiger partial charge is 0.267 e. The molecule has 6 nitrogen and oxygen atoms in total. The molecule has 0 aliphatic carbocycles. The van der Waals surface area contributed by atoms with Gasteiger partial charge in [-0.25, -0.2) is 9.66 Å². The zero-order valence-corrected chi connectivity index (χ0v) is 8.89. The second-order valence-electron chi connectivity index (χ2n) is 2.53. The molecule has 0 bridgehead atoms. The molecule has 0 spiro atoms. The maximum Gasteiger partial charge on any atom is 0.420 e. The van der Waals surface area contributed by atoms with Crippen LogP contribution >= 0.6 is 0 Å². The predicted octanol–water partition coefficient (Wildman–Crippen LogP) is 0.282. The third-order valence-electron chi connectivity index (χ3n) is 1.06. The topological polar surface area (TPSA) is 81.7 Å². The van der Waals surface area contributed by atoms with Crippen molar-refractivity contribution in [2.75, 3.05) is 6.61 Å². The fourth-order valence-corrected chi connectivity index (χ4v) is 0.982. The number of rotatable bonds is 6. The Morgan fingerprint density at radius 1 is 1.50 bits per heavy atom. The van der Waals surface area contributed by atoms with Crippen molar-refractivity contribution in [1.82, 2.24) is 5.48 Å². The van der Waals surface area contributed by atoms with Gasteiger partial charge in [-0.3, -0.25) is 4.79 Å². The maximum absolute atomic E-state index is 10.8. The average molecular weight is 223 g/mol. The fourth-order valence-electron chi connectivity index (χ4n) is 0.385. The molecular weight excluding hydrogens is 210 g/mol. The van der Waals surface area contributed by atoms with Gasteiger partial charge in [-0.05, 0) is 13.3 Å². The van der Waals surface area contributed by atoms with E-state index in [9.17, 15) is 13.2 Å². The van der Waals surface area contributed by atoms with Crippen LogP contribution in [0.5, 0.6) is 0 Å². The molecule has 14 heavy (non-hydrogen) atoms. The standard InChI is InChI=1S/C7H13NO5S/c1-4-5-12-14(10,11)13-8-7(9)6(2)3/h2,4-5H2,1,3H3,(H,8,9). The summed E-state index contributed by atoms with van der Waals surface area (Å²) in [5, 5.41) is 0. The number of amides is 1. The molecule has 0 unspecified atom stereocenters. The lowest BCUT2D eigenvalue weighted by atomic mass is 10.3. The molecule has 0 saturated carbocycles. The van der Waals surface area contributed by atoms with Gasteiger partial charge in [0.1, 0.15) is 0 Å². The summed E-state index contributed by atoms with van der Waals surface area (Å²) in [5.41, 5.74) is 1.81. The van der Waals surface area contributed by atoms with Gasteiger partial charge in [0, 0.05) is 5.57 Å². The molecule has 7 heteroatoms. The zero-order chi connectivity index (χ0) is 11.2. The Kier molecular flexibility index (Phi) is 5.36. The molecule has 0 aromatic heterocycles. The number of carbonyl (C=O) groups excluding carboxylic acids is 1. The lowest BCUT2D eigenvalue weighted by Crippen LogP contribution is -2.28. The van der Waals surface area contributed by atoms with Crippen LogP contribution < -0.4 is 5.48 Å². The minimum Gasteiger partial charge on any atom is -0.267 e. The Labute approximate surface area is 83.2 Å². The third-order valence-corrected chi connectivity index (χ3v) is 1.80. The second kappa shape index (κ2) is 5.74. The van der Waals surface area contributed by atoms with Crippen molar-refractivity contribution in [3.05, 3.63) is 12.2 Å². The van der Waals surface area contributed by atoms with Crippen LogP contribution in [0.25, 0.3) is 0 Å². The van der Waals surface area contributed by atoms with E-state index in [1.807, 2.05) is 0 Å². The highest BCUT2D eigenvalue weighted by atomic mass is 32.3. The first kappa shape index (κ1) is 13.1. The predicted molar refractivity (Wildman–Crippen MR) is 49.2 cm³/mol. The summed E-state index contributed by atoms with van der Waals surface area (Å²) in [6.45, 7) is 6.45. The molecular formula is C7H13NO5S. The van der Waals surface area contributed by atoms with Crippen LogP contribution in [0.15, 0.2) is 12.2 Å². The molecule has 82 valence electrons. The van der Waals surface area contributed by atoms with Crippen LogP contribution in [-0.4, -0.2) is 20.9 Å². The summed E-state index contributed by atoms with van der Waals surface area (Å²) < 4.78 is 30.0. The van der Waals surface area contributed by atoms with Crippen molar-refractivity contribution in [2.45, 2.75) is 20.3 Å². The highest BCUT2D eigenvalue weighted by molar-refractivity contribution is 7.81. The van der Waals surface area contributed by atoms with E-state index in [1.54, 1.807) is 12.4 Å². The highest BCUT2D eigenvalue weighted by Crippen LogP contribution is 1.95. The molecule has 1 N–H and O–H groups in total. The second-order valence-corrected chi connectivity index (χ2v) is 3.74. The molecule has 0 fully saturated rings. The molecule has 0 radical (unpaired) electrons. The van der Waals surface area contributed by atoms with Crippen LogP contribution in [0, 0.1) is 0 Å². The van der Waals surface area contributed by atoms with Gasteiger partial charge in [0.25, 0.3) is 5.91 Å². The normalized spacial score (nSPS) is 11.0. The molecule has 0 heterocycles. The minimum absolute atomic E-state index is 0.00523. The summed E-state index contributed by atoms with van der Waals surface area (Å²) in [6, 6.07) is 0. The Hall–Kier alpha value is -0.920. The third kappa shape index (κ3) is 5.68.